The van der Waals surface area contributed by atoms with Gasteiger partial charge >= 0.3 is 0 Å². The second kappa shape index (κ2) is 7.34. The zero-order valence-corrected chi connectivity index (χ0v) is 9.18. The molecule has 0 bridgehead atoms. The molecule has 0 rings (SSSR count). The van der Waals surface area contributed by atoms with E-state index in [4.69, 9.17) is 5.73 Å². The van der Waals surface area contributed by atoms with E-state index in [1.165, 1.54) is 12.8 Å². The lowest BCUT2D eigenvalue weighted by molar-refractivity contribution is 0.0960. The van der Waals surface area contributed by atoms with E-state index in [1.807, 2.05) is 0 Å². The van der Waals surface area contributed by atoms with Gasteiger partial charge in [0, 0.05) is 6.61 Å². The third kappa shape index (κ3) is 4.63. The van der Waals surface area contributed by atoms with Crippen molar-refractivity contribution in [2.75, 3.05) is 13.2 Å². The minimum atomic E-state index is 0.162. The summed E-state index contributed by atoms with van der Waals surface area (Å²) in [5.74, 6) is 0. The Kier molecular flexibility index (Phi) is 7.29. The van der Waals surface area contributed by atoms with Crippen LogP contribution >= 0.6 is 0 Å². The van der Waals surface area contributed by atoms with E-state index in [1.54, 1.807) is 0 Å². The summed E-state index contributed by atoms with van der Waals surface area (Å²) in [6.07, 6.45) is 6.78. The summed E-state index contributed by atoms with van der Waals surface area (Å²) in [5, 5.41) is 9.39. The first kappa shape index (κ1) is 12.9. The molecular weight excluding hydrogens is 162 g/mol. The van der Waals surface area contributed by atoms with Gasteiger partial charge in [-0.2, -0.15) is 0 Å². The maximum atomic E-state index is 9.39. The molecule has 0 heterocycles. The summed E-state index contributed by atoms with van der Waals surface area (Å²) in [6, 6.07) is 0. The molecule has 0 saturated heterocycles. The highest BCUT2D eigenvalue weighted by Gasteiger charge is 2.25. The highest BCUT2D eigenvalue weighted by atomic mass is 16.3. The van der Waals surface area contributed by atoms with Crippen LogP contribution in [0.15, 0.2) is 0 Å². The Morgan fingerprint density at radius 2 is 1.77 bits per heavy atom. The van der Waals surface area contributed by atoms with Crippen LogP contribution in [0.2, 0.25) is 0 Å². The van der Waals surface area contributed by atoms with Crippen molar-refractivity contribution in [1.29, 1.82) is 0 Å². The Labute approximate surface area is 82.5 Å². The third-order valence-corrected chi connectivity index (χ3v) is 3.06. The van der Waals surface area contributed by atoms with Crippen LogP contribution in [-0.4, -0.2) is 18.3 Å². The maximum Gasteiger partial charge on any atom is 0.0487 e. The van der Waals surface area contributed by atoms with E-state index >= 15 is 0 Å². The molecule has 0 aliphatic rings. The van der Waals surface area contributed by atoms with Crippen LogP contribution in [0.3, 0.4) is 0 Å². The molecule has 1 unspecified atom stereocenters. The lowest BCUT2D eigenvalue weighted by Crippen LogP contribution is -2.25. The lowest BCUT2D eigenvalue weighted by atomic mass is 9.77. The fourth-order valence-corrected chi connectivity index (χ4v) is 1.78. The van der Waals surface area contributed by atoms with E-state index < -0.39 is 0 Å². The van der Waals surface area contributed by atoms with Gasteiger partial charge in [-0.3, -0.25) is 0 Å². The molecule has 0 aromatic carbocycles. The van der Waals surface area contributed by atoms with Crippen LogP contribution in [0.1, 0.15) is 52.4 Å². The van der Waals surface area contributed by atoms with Gasteiger partial charge in [-0.05, 0) is 37.6 Å². The number of rotatable bonds is 8. The van der Waals surface area contributed by atoms with Crippen molar-refractivity contribution in [3.63, 3.8) is 0 Å². The lowest BCUT2D eigenvalue weighted by Gasteiger charge is -2.30. The average molecular weight is 187 g/mol. The van der Waals surface area contributed by atoms with Crippen LogP contribution in [0.25, 0.3) is 0 Å². The molecule has 0 aromatic rings. The topological polar surface area (TPSA) is 46.2 Å². The monoisotopic (exact) mass is 187 g/mol. The Balaban J connectivity index is 3.97. The highest BCUT2D eigenvalue weighted by molar-refractivity contribution is 4.77. The predicted molar refractivity (Wildman–Crippen MR) is 57.6 cm³/mol. The number of aliphatic hydroxyl groups excluding tert-OH is 1. The molecule has 80 valence electrons. The fraction of sp³-hybridized carbons (Fsp3) is 1.00. The minimum absolute atomic E-state index is 0.162. The first-order valence-corrected chi connectivity index (χ1v) is 5.55. The molecular formula is C11H25NO. The van der Waals surface area contributed by atoms with E-state index in [0.29, 0.717) is 6.61 Å². The third-order valence-electron chi connectivity index (χ3n) is 3.06. The summed E-state index contributed by atoms with van der Waals surface area (Å²) in [6.45, 7) is 5.43. The summed E-state index contributed by atoms with van der Waals surface area (Å²) in [4.78, 5) is 0. The summed E-state index contributed by atoms with van der Waals surface area (Å²) in [5.41, 5.74) is 5.65. The Bertz CT molecular complexity index is 101. The average Bonchev–Trinajstić information content (AvgIpc) is 2.20. The molecule has 1 atom stereocenters. The molecule has 0 spiro atoms. The second-order valence-electron chi connectivity index (χ2n) is 4.01. The minimum Gasteiger partial charge on any atom is -0.396 e. The van der Waals surface area contributed by atoms with Crippen molar-refractivity contribution in [3.8, 4) is 0 Å². The first-order valence-electron chi connectivity index (χ1n) is 5.55. The zero-order valence-electron chi connectivity index (χ0n) is 9.18. The summed E-state index contributed by atoms with van der Waals surface area (Å²) < 4.78 is 0. The number of nitrogens with two attached hydrogens (primary N) is 1. The molecule has 0 aliphatic carbocycles. The van der Waals surface area contributed by atoms with E-state index in [9.17, 15) is 5.11 Å². The molecule has 0 aromatic heterocycles. The number of unbranched alkanes of at least 4 members (excludes halogenated alkanes) is 1. The Morgan fingerprint density at radius 1 is 1.15 bits per heavy atom. The normalized spacial score (nSPS) is 15.7. The second-order valence-corrected chi connectivity index (χ2v) is 4.01. The maximum absolute atomic E-state index is 9.39. The summed E-state index contributed by atoms with van der Waals surface area (Å²) in [7, 11) is 0. The van der Waals surface area contributed by atoms with Crippen LogP contribution in [0, 0.1) is 5.41 Å². The largest absolute Gasteiger partial charge is 0.396 e. The van der Waals surface area contributed by atoms with Gasteiger partial charge in [0.25, 0.3) is 0 Å². The Hall–Kier alpha value is -0.0800. The van der Waals surface area contributed by atoms with Crippen molar-refractivity contribution in [2.45, 2.75) is 52.4 Å². The molecule has 0 aliphatic heterocycles. The highest BCUT2D eigenvalue weighted by Crippen LogP contribution is 2.33. The molecule has 13 heavy (non-hydrogen) atoms. The van der Waals surface area contributed by atoms with Crippen LogP contribution < -0.4 is 5.73 Å². The molecule has 2 nitrogen and oxygen atoms in total. The van der Waals surface area contributed by atoms with Gasteiger partial charge in [0.15, 0.2) is 0 Å². The quantitative estimate of drug-likeness (QED) is 0.612. The van der Waals surface area contributed by atoms with Gasteiger partial charge < -0.3 is 10.8 Å². The molecule has 0 fully saturated rings. The number of hydrogen-bond donors (Lipinski definition) is 2. The van der Waals surface area contributed by atoms with Gasteiger partial charge in [-0.15, -0.1) is 0 Å². The standard InChI is InChI=1S/C11H25NO/c1-3-5-7-11(4-2,10-13)8-6-9-12/h13H,3-10,12H2,1-2H3. The number of aliphatic hydroxyl groups is 1. The van der Waals surface area contributed by atoms with Gasteiger partial charge in [-0.1, -0.05) is 26.7 Å². The molecule has 0 amide bonds. The van der Waals surface area contributed by atoms with Crippen LogP contribution in [-0.2, 0) is 0 Å². The summed E-state index contributed by atoms with van der Waals surface area (Å²) >= 11 is 0. The SMILES string of the molecule is CCCCC(CC)(CO)CCCN. The first-order chi connectivity index (χ1) is 6.24. The van der Waals surface area contributed by atoms with Crippen molar-refractivity contribution in [2.24, 2.45) is 11.1 Å². The van der Waals surface area contributed by atoms with Crippen molar-refractivity contribution < 1.29 is 5.11 Å². The van der Waals surface area contributed by atoms with E-state index in [-0.39, 0.29) is 5.41 Å². The van der Waals surface area contributed by atoms with E-state index in [2.05, 4.69) is 13.8 Å². The van der Waals surface area contributed by atoms with Crippen molar-refractivity contribution in [3.05, 3.63) is 0 Å². The van der Waals surface area contributed by atoms with Gasteiger partial charge in [0.05, 0.1) is 0 Å². The number of hydrogen-bond acceptors (Lipinski definition) is 2. The van der Waals surface area contributed by atoms with Crippen molar-refractivity contribution in [1.82, 2.24) is 0 Å². The van der Waals surface area contributed by atoms with Gasteiger partial charge in [0.1, 0.15) is 0 Å². The molecule has 2 heteroatoms. The van der Waals surface area contributed by atoms with Crippen LogP contribution in [0.5, 0.6) is 0 Å². The van der Waals surface area contributed by atoms with Gasteiger partial charge in [0.2, 0.25) is 0 Å². The van der Waals surface area contributed by atoms with Crippen LogP contribution in [0.4, 0.5) is 0 Å². The zero-order chi connectivity index (χ0) is 10.2. The molecule has 0 radical (unpaired) electrons. The van der Waals surface area contributed by atoms with Crippen molar-refractivity contribution >= 4 is 0 Å². The fourth-order valence-electron chi connectivity index (χ4n) is 1.78. The van der Waals surface area contributed by atoms with E-state index in [0.717, 1.165) is 32.2 Å². The predicted octanol–water partition coefficient (Wildman–Crippen LogP) is 2.30. The molecule has 0 saturated carbocycles. The van der Waals surface area contributed by atoms with Gasteiger partial charge in [-0.25, -0.2) is 0 Å². The Morgan fingerprint density at radius 3 is 2.15 bits per heavy atom. The smallest absolute Gasteiger partial charge is 0.0487 e. The molecule has 3 N–H and O–H groups in total.